The molecule has 0 aliphatic heterocycles. The summed E-state index contributed by atoms with van der Waals surface area (Å²) in [5, 5.41) is 9.17. The lowest BCUT2D eigenvalue weighted by molar-refractivity contribution is 0.0339. The second-order valence-corrected chi connectivity index (χ2v) is 5.59. The van der Waals surface area contributed by atoms with Crippen LogP contribution >= 0.6 is 0 Å². The molecule has 0 saturated carbocycles. The minimum atomic E-state index is -0.518. The monoisotopic (exact) mass is 255 g/mol. The predicted octanol–water partition coefficient (Wildman–Crippen LogP) is 3.86. The summed E-state index contributed by atoms with van der Waals surface area (Å²) >= 11 is 0. The van der Waals surface area contributed by atoms with E-state index >= 15 is 0 Å². The van der Waals surface area contributed by atoms with E-state index in [0.717, 1.165) is 5.70 Å². The first-order chi connectivity index (χ1) is 8.04. The molecular formula is C14H25NO3. The molecule has 0 fully saturated rings. The van der Waals surface area contributed by atoms with Gasteiger partial charge in [-0.2, -0.15) is 0 Å². The Labute approximate surface area is 110 Å². The molecular weight excluding hydrogens is 230 g/mol. The zero-order chi connectivity index (χ0) is 14.5. The number of aliphatic hydroxyl groups excluding tert-OH is 1. The van der Waals surface area contributed by atoms with Gasteiger partial charge in [-0.1, -0.05) is 13.8 Å². The number of aliphatic hydroxyl groups is 1. The van der Waals surface area contributed by atoms with Crippen molar-refractivity contribution in [2.75, 3.05) is 7.05 Å². The van der Waals surface area contributed by atoms with Crippen LogP contribution in [0.25, 0.3) is 0 Å². The lowest BCUT2D eigenvalue weighted by Crippen LogP contribution is -2.34. The molecule has 0 unspecified atom stereocenters. The molecule has 0 aliphatic carbocycles. The number of ether oxygens (including phenoxy) is 1. The van der Waals surface area contributed by atoms with E-state index in [4.69, 9.17) is 4.74 Å². The Balaban J connectivity index is 4.99. The summed E-state index contributed by atoms with van der Waals surface area (Å²) in [6.07, 6.45) is 2.89. The first kappa shape index (κ1) is 16.6. The van der Waals surface area contributed by atoms with Crippen LogP contribution in [0.4, 0.5) is 4.79 Å². The molecule has 0 spiro atoms. The molecule has 0 atom stereocenters. The van der Waals surface area contributed by atoms with Crippen molar-refractivity contribution in [1.29, 1.82) is 0 Å². The molecule has 0 rings (SSSR count). The minimum Gasteiger partial charge on any atom is -0.513 e. The van der Waals surface area contributed by atoms with E-state index in [2.05, 4.69) is 0 Å². The molecule has 0 aromatic heterocycles. The molecule has 4 nitrogen and oxygen atoms in total. The maximum absolute atomic E-state index is 11.9. The van der Waals surface area contributed by atoms with Gasteiger partial charge in [0.05, 0.1) is 5.76 Å². The molecule has 1 N–H and O–H groups in total. The van der Waals surface area contributed by atoms with Crippen molar-refractivity contribution < 1.29 is 14.6 Å². The van der Waals surface area contributed by atoms with E-state index in [1.54, 1.807) is 26.1 Å². The van der Waals surface area contributed by atoms with Crippen LogP contribution < -0.4 is 0 Å². The first-order valence-corrected chi connectivity index (χ1v) is 6.08. The highest BCUT2D eigenvalue weighted by atomic mass is 16.6. The van der Waals surface area contributed by atoms with Crippen molar-refractivity contribution in [1.82, 2.24) is 4.90 Å². The predicted molar refractivity (Wildman–Crippen MR) is 73.3 cm³/mol. The van der Waals surface area contributed by atoms with Gasteiger partial charge in [0, 0.05) is 12.7 Å². The third-order valence-electron chi connectivity index (χ3n) is 2.14. The topological polar surface area (TPSA) is 49.8 Å². The van der Waals surface area contributed by atoms with Gasteiger partial charge in [-0.05, 0) is 45.8 Å². The Morgan fingerprint density at radius 2 is 1.78 bits per heavy atom. The van der Waals surface area contributed by atoms with Crippen LogP contribution in [0.2, 0.25) is 0 Å². The Bertz CT molecular complexity index is 345. The maximum atomic E-state index is 11.9. The molecule has 0 saturated heterocycles. The van der Waals surface area contributed by atoms with Crippen LogP contribution in [-0.2, 0) is 4.74 Å². The zero-order valence-corrected chi connectivity index (χ0v) is 12.4. The number of amides is 1. The highest BCUT2D eigenvalue weighted by Crippen LogP contribution is 2.18. The fraction of sp³-hybridized carbons (Fsp3) is 0.643. The van der Waals surface area contributed by atoms with Gasteiger partial charge < -0.3 is 9.84 Å². The Kier molecular flexibility index (Phi) is 5.95. The highest BCUT2D eigenvalue weighted by molar-refractivity contribution is 5.70. The van der Waals surface area contributed by atoms with Crippen LogP contribution in [0.1, 0.15) is 41.5 Å². The fourth-order valence-corrected chi connectivity index (χ4v) is 1.33. The number of allylic oxidation sites excluding steroid dienone is 4. The average Bonchev–Trinajstić information content (AvgIpc) is 2.13. The number of carbonyl (C=O) groups excluding carboxylic acids is 1. The molecule has 0 aromatic rings. The largest absolute Gasteiger partial charge is 0.513 e. The molecule has 0 bridgehead atoms. The molecule has 1 amide bonds. The standard InChI is InChI=1S/C14H25NO3/c1-10(2)12(9-8-11(3)16)15(7)13(17)18-14(4,5)6/h8-10,16H,1-7H3/b11-8+,12-9+. The fourth-order valence-electron chi connectivity index (χ4n) is 1.33. The summed E-state index contributed by atoms with van der Waals surface area (Å²) in [5.74, 6) is 0.351. The average molecular weight is 255 g/mol. The number of nitrogens with zero attached hydrogens (tertiary/aromatic N) is 1. The van der Waals surface area contributed by atoms with E-state index in [1.165, 1.54) is 4.90 Å². The Morgan fingerprint density at radius 1 is 1.28 bits per heavy atom. The van der Waals surface area contributed by atoms with Crippen molar-refractivity contribution in [2.45, 2.75) is 47.1 Å². The molecule has 0 aromatic carbocycles. The van der Waals surface area contributed by atoms with Crippen LogP contribution in [0.15, 0.2) is 23.6 Å². The smallest absolute Gasteiger partial charge is 0.414 e. The van der Waals surface area contributed by atoms with Gasteiger partial charge in [0.1, 0.15) is 5.60 Å². The summed E-state index contributed by atoms with van der Waals surface area (Å²) in [7, 11) is 1.67. The van der Waals surface area contributed by atoms with Gasteiger partial charge >= 0.3 is 6.09 Å². The van der Waals surface area contributed by atoms with E-state index in [0.29, 0.717) is 0 Å². The number of rotatable bonds is 3. The number of hydrogen-bond acceptors (Lipinski definition) is 3. The van der Waals surface area contributed by atoms with Gasteiger partial charge in [0.25, 0.3) is 0 Å². The lowest BCUT2D eigenvalue weighted by Gasteiger charge is -2.27. The summed E-state index contributed by atoms with van der Waals surface area (Å²) in [6.45, 7) is 11.0. The number of hydrogen-bond donors (Lipinski definition) is 1. The molecule has 0 radical (unpaired) electrons. The molecule has 0 heterocycles. The summed E-state index contributed by atoms with van der Waals surface area (Å²) in [4.78, 5) is 13.4. The van der Waals surface area contributed by atoms with E-state index in [9.17, 15) is 9.90 Å². The van der Waals surface area contributed by atoms with E-state index < -0.39 is 11.7 Å². The molecule has 4 heteroatoms. The second-order valence-electron chi connectivity index (χ2n) is 5.59. The van der Waals surface area contributed by atoms with Crippen LogP contribution in [0.5, 0.6) is 0 Å². The van der Waals surface area contributed by atoms with Gasteiger partial charge in [-0.3, -0.25) is 4.90 Å². The third kappa shape index (κ3) is 6.33. The summed E-state index contributed by atoms with van der Waals surface area (Å²) in [5.41, 5.74) is 0.272. The Hall–Kier alpha value is -1.45. The van der Waals surface area contributed by atoms with Crippen LogP contribution in [-0.4, -0.2) is 28.7 Å². The highest BCUT2D eigenvalue weighted by Gasteiger charge is 2.22. The molecule has 0 aliphatic rings. The van der Waals surface area contributed by atoms with Gasteiger partial charge in [-0.25, -0.2) is 4.79 Å². The normalized spacial score (nSPS) is 13.8. The zero-order valence-electron chi connectivity index (χ0n) is 12.4. The van der Waals surface area contributed by atoms with Crippen molar-refractivity contribution >= 4 is 6.09 Å². The van der Waals surface area contributed by atoms with Gasteiger partial charge in [0.15, 0.2) is 0 Å². The second kappa shape index (κ2) is 6.47. The quantitative estimate of drug-likeness (QED) is 0.615. The van der Waals surface area contributed by atoms with Crippen LogP contribution in [0, 0.1) is 5.92 Å². The van der Waals surface area contributed by atoms with Crippen molar-refractivity contribution in [3.05, 3.63) is 23.6 Å². The Morgan fingerprint density at radius 3 is 2.11 bits per heavy atom. The van der Waals surface area contributed by atoms with Crippen molar-refractivity contribution in [3.8, 4) is 0 Å². The van der Waals surface area contributed by atoms with Crippen molar-refractivity contribution in [2.24, 2.45) is 5.92 Å². The lowest BCUT2D eigenvalue weighted by atomic mass is 10.1. The number of carbonyl (C=O) groups is 1. The third-order valence-corrected chi connectivity index (χ3v) is 2.14. The van der Waals surface area contributed by atoms with Crippen molar-refractivity contribution in [3.63, 3.8) is 0 Å². The van der Waals surface area contributed by atoms with E-state index in [-0.39, 0.29) is 11.7 Å². The summed E-state index contributed by atoms with van der Waals surface area (Å²) in [6, 6.07) is 0. The maximum Gasteiger partial charge on any atom is 0.414 e. The molecule has 104 valence electrons. The SMILES string of the molecule is C/C(O)=C\C=C(/C(C)C)N(C)C(=O)OC(C)(C)C. The minimum absolute atomic E-state index is 0.151. The van der Waals surface area contributed by atoms with Gasteiger partial charge in [0.2, 0.25) is 0 Å². The molecule has 18 heavy (non-hydrogen) atoms. The first-order valence-electron chi connectivity index (χ1n) is 6.08. The van der Waals surface area contributed by atoms with E-state index in [1.807, 2.05) is 34.6 Å². The summed E-state index contributed by atoms with van der Waals surface area (Å²) < 4.78 is 5.30. The van der Waals surface area contributed by atoms with Crippen LogP contribution in [0.3, 0.4) is 0 Å². The van der Waals surface area contributed by atoms with Gasteiger partial charge in [-0.15, -0.1) is 0 Å².